The highest BCUT2D eigenvalue weighted by molar-refractivity contribution is 7.90. The number of carbonyl (C=O) groups is 2. The van der Waals surface area contributed by atoms with Gasteiger partial charge in [0, 0.05) is 29.3 Å². The summed E-state index contributed by atoms with van der Waals surface area (Å²) in [5.74, 6) is -0.344. The summed E-state index contributed by atoms with van der Waals surface area (Å²) in [6.07, 6.45) is 2.59. The summed E-state index contributed by atoms with van der Waals surface area (Å²) >= 11 is 0. The van der Waals surface area contributed by atoms with Gasteiger partial charge in [-0.2, -0.15) is 0 Å². The van der Waals surface area contributed by atoms with E-state index >= 15 is 0 Å². The minimum absolute atomic E-state index is 0.0621. The molecule has 3 N–H and O–H groups in total. The van der Waals surface area contributed by atoms with Crippen LogP contribution >= 0.6 is 0 Å². The molecule has 7 nitrogen and oxygen atoms in total. The zero-order valence-electron chi connectivity index (χ0n) is 17.0. The molecule has 1 aromatic rings. The van der Waals surface area contributed by atoms with Gasteiger partial charge < -0.3 is 10.6 Å². The summed E-state index contributed by atoms with van der Waals surface area (Å²) in [7, 11) is -3.29. The fraction of sp³-hybridized carbons (Fsp3) is 0.600. The second kappa shape index (κ2) is 9.52. The molecule has 1 aliphatic carbocycles. The Kier molecular flexibility index (Phi) is 7.60. The van der Waals surface area contributed by atoms with Crippen molar-refractivity contribution in [3.63, 3.8) is 0 Å². The van der Waals surface area contributed by atoms with E-state index in [1.807, 2.05) is 13.8 Å². The Morgan fingerprint density at radius 2 is 1.54 bits per heavy atom. The van der Waals surface area contributed by atoms with Crippen molar-refractivity contribution in [3.05, 3.63) is 29.8 Å². The highest BCUT2D eigenvalue weighted by Crippen LogP contribution is 2.26. The Morgan fingerprint density at radius 1 is 0.964 bits per heavy atom. The number of carbonyl (C=O) groups excluding carboxylic acids is 2. The number of anilines is 1. The first-order chi connectivity index (χ1) is 13.1. The van der Waals surface area contributed by atoms with Crippen molar-refractivity contribution < 1.29 is 18.0 Å². The van der Waals surface area contributed by atoms with Crippen molar-refractivity contribution in [2.75, 3.05) is 5.32 Å². The van der Waals surface area contributed by atoms with E-state index in [0.29, 0.717) is 36.9 Å². The summed E-state index contributed by atoms with van der Waals surface area (Å²) in [6, 6.07) is 6.77. The maximum absolute atomic E-state index is 12.5. The molecule has 2 amide bonds. The molecule has 1 aliphatic rings. The van der Waals surface area contributed by atoms with Crippen LogP contribution in [0.3, 0.4) is 0 Å². The van der Waals surface area contributed by atoms with Gasteiger partial charge in [-0.05, 0) is 77.6 Å². The fourth-order valence-corrected chi connectivity index (χ4v) is 4.11. The Balaban J connectivity index is 1.85. The fourth-order valence-electron chi connectivity index (χ4n) is 3.14. The third-order valence-electron chi connectivity index (χ3n) is 4.88. The van der Waals surface area contributed by atoms with Gasteiger partial charge in [0.25, 0.3) is 5.91 Å². The molecule has 0 spiro atoms. The molecule has 0 aliphatic heterocycles. The lowest BCUT2D eigenvalue weighted by molar-refractivity contribution is -0.120. The van der Waals surface area contributed by atoms with Gasteiger partial charge >= 0.3 is 0 Å². The molecule has 156 valence electrons. The molecule has 1 saturated carbocycles. The SMILES string of the molecule is CC(C)NC(=O)c1ccc(NC(=O)[C@H]2CC[C@H](NS(=O)(=O)C(C)C)CC2)cc1. The second-order valence-corrected chi connectivity index (χ2v) is 10.2. The van der Waals surface area contributed by atoms with Gasteiger partial charge in [0.1, 0.15) is 0 Å². The number of rotatable bonds is 7. The standard InChI is InChI=1S/C20H31N3O4S/c1-13(2)21-19(24)15-5-9-17(10-6-15)22-20(25)16-7-11-18(12-8-16)23-28(26,27)14(3)4/h5-6,9-10,13-14,16,18,23H,7-8,11-12H2,1-4H3,(H,21,24)(H,22,25)/t16-,18-. The summed E-state index contributed by atoms with van der Waals surface area (Å²) in [5.41, 5.74) is 1.19. The molecule has 28 heavy (non-hydrogen) atoms. The van der Waals surface area contributed by atoms with Crippen molar-refractivity contribution >= 4 is 27.5 Å². The Bertz CT molecular complexity index is 780. The van der Waals surface area contributed by atoms with Crippen LogP contribution in [0.1, 0.15) is 63.7 Å². The average Bonchev–Trinajstić information content (AvgIpc) is 2.61. The average molecular weight is 410 g/mol. The first-order valence-corrected chi connectivity index (χ1v) is 11.4. The molecule has 2 rings (SSSR count). The Hall–Kier alpha value is -1.93. The first-order valence-electron chi connectivity index (χ1n) is 9.81. The van der Waals surface area contributed by atoms with Crippen LogP contribution in [0, 0.1) is 5.92 Å². The van der Waals surface area contributed by atoms with E-state index < -0.39 is 15.3 Å². The zero-order valence-corrected chi connectivity index (χ0v) is 17.8. The Labute approximate surface area is 167 Å². The van der Waals surface area contributed by atoms with E-state index in [-0.39, 0.29) is 29.8 Å². The van der Waals surface area contributed by atoms with Crippen molar-refractivity contribution in [2.24, 2.45) is 5.92 Å². The van der Waals surface area contributed by atoms with E-state index in [4.69, 9.17) is 0 Å². The van der Waals surface area contributed by atoms with Crippen molar-refractivity contribution in [3.8, 4) is 0 Å². The molecular weight excluding hydrogens is 378 g/mol. The van der Waals surface area contributed by atoms with Gasteiger partial charge in [-0.1, -0.05) is 0 Å². The molecule has 0 radical (unpaired) electrons. The van der Waals surface area contributed by atoms with Gasteiger partial charge in [-0.25, -0.2) is 13.1 Å². The van der Waals surface area contributed by atoms with Crippen LogP contribution < -0.4 is 15.4 Å². The van der Waals surface area contributed by atoms with Crippen LogP contribution in [0.4, 0.5) is 5.69 Å². The summed E-state index contributed by atoms with van der Waals surface area (Å²) in [4.78, 5) is 24.5. The molecule has 0 bridgehead atoms. The van der Waals surface area contributed by atoms with Gasteiger partial charge in [0.05, 0.1) is 5.25 Å². The highest BCUT2D eigenvalue weighted by atomic mass is 32.2. The molecular formula is C20H31N3O4S. The normalized spacial score (nSPS) is 20.2. The predicted octanol–water partition coefficient (Wildman–Crippen LogP) is 2.65. The predicted molar refractivity (Wildman–Crippen MR) is 111 cm³/mol. The summed E-state index contributed by atoms with van der Waals surface area (Å²) in [6.45, 7) is 7.10. The highest BCUT2D eigenvalue weighted by Gasteiger charge is 2.29. The quantitative estimate of drug-likeness (QED) is 0.644. The molecule has 0 atom stereocenters. The number of benzene rings is 1. The van der Waals surface area contributed by atoms with Crippen LogP contribution in [0.2, 0.25) is 0 Å². The van der Waals surface area contributed by atoms with Crippen LogP contribution in [0.5, 0.6) is 0 Å². The molecule has 0 heterocycles. The van der Waals surface area contributed by atoms with E-state index in [9.17, 15) is 18.0 Å². The largest absolute Gasteiger partial charge is 0.350 e. The monoisotopic (exact) mass is 409 g/mol. The van der Waals surface area contributed by atoms with Gasteiger partial charge in [0.15, 0.2) is 0 Å². The van der Waals surface area contributed by atoms with Gasteiger partial charge in [-0.3, -0.25) is 9.59 Å². The summed E-state index contributed by atoms with van der Waals surface area (Å²) < 4.78 is 26.7. The number of hydrogen-bond donors (Lipinski definition) is 3. The topological polar surface area (TPSA) is 104 Å². The lowest BCUT2D eigenvalue weighted by atomic mass is 9.86. The van der Waals surface area contributed by atoms with Crippen LogP contribution in [-0.2, 0) is 14.8 Å². The minimum atomic E-state index is -3.29. The smallest absolute Gasteiger partial charge is 0.251 e. The van der Waals surface area contributed by atoms with Crippen LogP contribution in [0.15, 0.2) is 24.3 Å². The lowest BCUT2D eigenvalue weighted by Gasteiger charge is -2.28. The van der Waals surface area contributed by atoms with Gasteiger partial charge in [-0.15, -0.1) is 0 Å². The number of amides is 2. The zero-order chi connectivity index (χ0) is 20.9. The maximum Gasteiger partial charge on any atom is 0.251 e. The van der Waals surface area contributed by atoms with E-state index in [0.717, 1.165) is 0 Å². The van der Waals surface area contributed by atoms with Gasteiger partial charge in [0.2, 0.25) is 15.9 Å². The molecule has 1 aromatic carbocycles. The number of sulfonamides is 1. The van der Waals surface area contributed by atoms with E-state index in [1.165, 1.54) is 0 Å². The van der Waals surface area contributed by atoms with E-state index in [1.54, 1.807) is 38.1 Å². The molecule has 0 saturated heterocycles. The first kappa shape index (κ1) is 22.4. The second-order valence-electron chi connectivity index (χ2n) is 7.95. The molecule has 0 unspecified atom stereocenters. The third-order valence-corrected chi connectivity index (χ3v) is 6.79. The van der Waals surface area contributed by atoms with Crippen molar-refractivity contribution in [1.82, 2.24) is 10.0 Å². The van der Waals surface area contributed by atoms with Crippen LogP contribution in [0.25, 0.3) is 0 Å². The van der Waals surface area contributed by atoms with Crippen molar-refractivity contribution in [1.29, 1.82) is 0 Å². The van der Waals surface area contributed by atoms with Crippen LogP contribution in [-0.4, -0.2) is 37.6 Å². The Morgan fingerprint density at radius 3 is 2.04 bits per heavy atom. The van der Waals surface area contributed by atoms with E-state index in [2.05, 4.69) is 15.4 Å². The molecule has 0 aromatic heterocycles. The molecule has 1 fully saturated rings. The summed E-state index contributed by atoms with van der Waals surface area (Å²) in [5, 5.41) is 5.25. The van der Waals surface area contributed by atoms with Crippen molar-refractivity contribution in [2.45, 2.75) is 70.7 Å². The maximum atomic E-state index is 12.5. The third kappa shape index (κ3) is 6.31. The molecule has 8 heteroatoms. The minimum Gasteiger partial charge on any atom is -0.350 e. The number of nitrogens with one attached hydrogen (secondary N) is 3. The lowest BCUT2D eigenvalue weighted by Crippen LogP contribution is -2.42. The number of hydrogen-bond acceptors (Lipinski definition) is 4.